The van der Waals surface area contributed by atoms with E-state index in [4.69, 9.17) is 9.47 Å². The van der Waals surface area contributed by atoms with Crippen LogP contribution in [0.25, 0.3) is 0 Å². The minimum Gasteiger partial charge on any atom is -0.464 e. The quantitative estimate of drug-likeness (QED) is 0.769. The zero-order valence-corrected chi connectivity index (χ0v) is 17.0. The van der Waals surface area contributed by atoms with Crippen molar-refractivity contribution in [1.29, 1.82) is 0 Å². The van der Waals surface area contributed by atoms with Crippen LogP contribution in [0, 0.1) is 0 Å². The molecule has 1 N–H and O–H groups in total. The summed E-state index contributed by atoms with van der Waals surface area (Å²) in [5.41, 5.74) is 3.49. The standard InChI is InChI=1S/C23H24N2O5/c1-3-29-22(27)18-12-16-10-7-11-17-14(2)19(21(26)25(18)20(16)17)24-23(28)30-13-15-8-5-4-6-9-15/h4-11,14,18-19H,3,12-13H2,1-2H3,(H,24,28)/t14?,18-,19?/m0/s1. The molecule has 0 saturated carbocycles. The largest absolute Gasteiger partial charge is 0.464 e. The van der Waals surface area contributed by atoms with Crippen LogP contribution in [0.2, 0.25) is 0 Å². The molecule has 4 rings (SSSR count). The molecule has 0 bridgehead atoms. The van der Waals surface area contributed by atoms with Gasteiger partial charge in [-0.3, -0.25) is 9.69 Å². The lowest BCUT2D eigenvalue weighted by Gasteiger charge is -2.37. The Morgan fingerprint density at radius 1 is 1.10 bits per heavy atom. The molecule has 2 heterocycles. The van der Waals surface area contributed by atoms with Gasteiger partial charge in [-0.25, -0.2) is 9.59 Å². The second kappa shape index (κ2) is 8.18. The minimum absolute atomic E-state index is 0.109. The van der Waals surface area contributed by atoms with Crippen molar-refractivity contribution in [3.8, 4) is 0 Å². The fraction of sp³-hybridized carbons (Fsp3) is 0.348. The summed E-state index contributed by atoms with van der Waals surface area (Å²) in [5, 5.41) is 2.70. The van der Waals surface area contributed by atoms with Gasteiger partial charge in [0.25, 0.3) is 5.91 Å². The van der Waals surface area contributed by atoms with E-state index in [0.717, 1.165) is 22.4 Å². The average molecular weight is 408 g/mol. The zero-order chi connectivity index (χ0) is 21.3. The molecule has 0 fully saturated rings. The molecule has 2 amide bonds. The number of alkyl carbamates (subject to hydrolysis) is 1. The first-order valence-electron chi connectivity index (χ1n) is 10.1. The number of carbonyl (C=O) groups is 3. The molecule has 2 unspecified atom stereocenters. The molecule has 30 heavy (non-hydrogen) atoms. The fourth-order valence-electron chi connectivity index (χ4n) is 4.21. The van der Waals surface area contributed by atoms with Crippen molar-refractivity contribution in [3.05, 3.63) is 65.2 Å². The van der Waals surface area contributed by atoms with Crippen molar-refractivity contribution >= 4 is 23.7 Å². The number of benzene rings is 2. The molecular weight excluding hydrogens is 384 g/mol. The van der Waals surface area contributed by atoms with Crippen LogP contribution in [-0.2, 0) is 32.1 Å². The number of carbonyl (C=O) groups excluding carboxylic acids is 3. The van der Waals surface area contributed by atoms with E-state index in [0.29, 0.717) is 6.42 Å². The van der Waals surface area contributed by atoms with E-state index < -0.39 is 24.1 Å². The summed E-state index contributed by atoms with van der Waals surface area (Å²) in [6.45, 7) is 3.98. The van der Waals surface area contributed by atoms with Gasteiger partial charge < -0.3 is 14.8 Å². The van der Waals surface area contributed by atoms with Crippen LogP contribution in [0.3, 0.4) is 0 Å². The molecule has 2 aliphatic rings. The molecule has 0 aromatic heterocycles. The lowest BCUT2D eigenvalue weighted by Crippen LogP contribution is -2.57. The van der Waals surface area contributed by atoms with Crippen molar-refractivity contribution in [2.24, 2.45) is 0 Å². The molecule has 0 saturated heterocycles. The number of ether oxygens (including phenoxy) is 2. The van der Waals surface area contributed by atoms with Crippen molar-refractivity contribution in [2.75, 3.05) is 11.5 Å². The second-order valence-corrected chi connectivity index (χ2v) is 7.51. The number of esters is 1. The second-order valence-electron chi connectivity index (χ2n) is 7.51. The fourth-order valence-corrected chi connectivity index (χ4v) is 4.21. The maximum atomic E-state index is 13.3. The number of nitrogens with one attached hydrogen (secondary N) is 1. The first-order chi connectivity index (χ1) is 14.5. The van der Waals surface area contributed by atoms with Crippen LogP contribution in [-0.4, -0.2) is 36.7 Å². The predicted octanol–water partition coefficient (Wildman–Crippen LogP) is 2.92. The lowest BCUT2D eigenvalue weighted by molar-refractivity contribution is -0.145. The molecule has 7 nitrogen and oxygen atoms in total. The van der Waals surface area contributed by atoms with Crippen LogP contribution >= 0.6 is 0 Å². The van der Waals surface area contributed by atoms with Gasteiger partial charge in [-0.15, -0.1) is 0 Å². The van der Waals surface area contributed by atoms with E-state index in [1.54, 1.807) is 6.92 Å². The number of para-hydroxylation sites is 1. The molecule has 2 aromatic carbocycles. The minimum atomic E-state index is -0.828. The van der Waals surface area contributed by atoms with Gasteiger partial charge in [0.05, 0.1) is 12.3 Å². The van der Waals surface area contributed by atoms with Crippen LogP contribution in [0.15, 0.2) is 48.5 Å². The highest BCUT2D eigenvalue weighted by molar-refractivity contribution is 6.08. The number of amides is 2. The van der Waals surface area contributed by atoms with Crippen LogP contribution in [0.1, 0.15) is 36.5 Å². The summed E-state index contributed by atoms with van der Waals surface area (Å²) in [7, 11) is 0. The molecule has 7 heteroatoms. The number of hydrogen-bond acceptors (Lipinski definition) is 5. The van der Waals surface area contributed by atoms with Gasteiger partial charge in [0.15, 0.2) is 0 Å². The highest BCUT2D eigenvalue weighted by atomic mass is 16.5. The van der Waals surface area contributed by atoms with E-state index in [9.17, 15) is 14.4 Å². The third kappa shape index (κ3) is 3.51. The highest BCUT2D eigenvalue weighted by Crippen LogP contribution is 2.44. The van der Waals surface area contributed by atoms with Gasteiger partial charge in [0, 0.05) is 12.3 Å². The molecule has 0 radical (unpaired) electrons. The number of nitrogens with zero attached hydrogens (tertiary/aromatic N) is 1. The molecule has 2 aliphatic heterocycles. The Morgan fingerprint density at radius 3 is 2.60 bits per heavy atom. The summed E-state index contributed by atoms with van der Waals surface area (Å²) < 4.78 is 10.5. The molecule has 0 spiro atoms. The molecule has 156 valence electrons. The smallest absolute Gasteiger partial charge is 0.408 e. The topological polar surface area (TPSA) is 84.9 Å². The third-order valence-corrected chi connectivity index (χ3v) is 5.66. The monoisotopic (exact) mass is 408 g/mol. The Balaban J connectivity index is 1.55. The van der Waals surface area contributed by atoms with E-state index in [2.05, 4.69) is 5.32 Å². The van der Waals surface area contributed by atoms with Crippen LogP contribution < -0.4 is 10.2 Å². The molecular formula is C23H24N2O5. The Hall–Kier alpha value is -3.35. The summed E-state index contributed by atoms with van der Waals surface area (Å²) in [5.74, 6) is -1.02. The van der Waals surface area contributed by atoms with Crippen molar-refractivity contribution in [3.63, 3.8) is 0 Å². The Kier molecular flexibility index (Phi) is 5.44. The predicted molar refractivity (Wildman–Crippen MR) is 110 cm³/mol. The average Bonchev–Trinajstić information content (AvgIpc) is 3.15. The maximum absolute atomic E-state index is 13.3. The number of hydrogen-bond donors (Lipinski definition) is 1. The molecule has 0 aliphatic carbocycles. The van der Waals surface area contributed by atoms with Gasteiger partial charge in [-0.2, -0.15) is 0 Å². The van der Waals surface area contributed by atoms with Crippen molar-refractivity contribution in [1.82, 2.24) is 5.32 Å². The van der Waals surface area contributed by atoms with Crippen molar-refractivity contribution in [2.45, 2.75) is 44.9 Å². The van der Waals surface area contributed by atoms with Gasteiger partial charge in [0.1, 0.15) is 18.7 Å². The van der Waals surface area contributed by atoms with Crippen molar-refractivity contribution < 1.29 is 23.9 Å². The van der Waals surface area contributed by atoms with E-state index in [1.165, 1.54) is 4.90 Å². The van der Waals surface area contributed by atoms with Crippen LogP contribution in [0.5, 0.6) is 0 Å². The summed E-state index contributed by atoms with van der Waals surface area (Å²) in [4.78, 5) is 39.8. The lowest BCUT2D eigenvalue weighted by atomic mass is 9.86. The van der Waals surface area contributed by atoms with Gasteiger partial charge in [-0.05, 0) is 23.6 Å². The number of anilines is 1. The first-order valence-corrected chi connectivity index (χ1v) is 10.1. The van der Waals surface area contributed by atoms with Gasteiger partial charge in [-0.1, -0.05) is 55.5 Å². The highest BCUT2D eigenvalue weighted by Gasteiger charge is 2.48. The van der Waals surface area contributed by atoms with Crippen LogP contribution in [0.4, 0.5) is 10.5 Å². The Labute approximate surface area is 175 Å². The summed E-state index contributed by atoms with van der Waals surface area (Å²) >= 11 is 0. The SMILES string of the molecule is CCOC(=O)[C@@H]1Cc2cccc3c2N1C(=O)C(NC(=O)OCc1ccccc1)C3C. The Morgan fingerprint density at radius 2 is 1.87 bits per heavy atom. The zero-order valence-electron chi connectivity index (χ0n) is 17.0. The summed E-state index contributed by atoms with van der Waals surface area (Å²) in [6, 6.07) is 13.5. The summed E-state index contributed by atoms with van der Waals surface area (Å²) in [6.07, 6.45) is -0.262. The van der Waals surface area contributed by atoms with Gasteiger partial charge >= 0.3 is 12.1 Å². The Bertz CT molecular complexity index is 975. The maximum Gasteiger partial charge on any atom is 0.408 e. The van der Waals surface area contributed by atoms with E-state index in [1.807, 2.05) is 55.5 Å². The van der Waals surface area contributed by atoms with E-state index >= 15 is 0 Å². The van der Waals surface area contributed by atoms with E-state index in [-0.39, 0.29) is 25.0 Å². The molecule has 2 aromatic rings. The third-order valence-electron chi connectivity index (χ3n) is 5.66. The molecule has 3 atom stereocenters. The van der Waals surface area contributed by atoms with Gasteiger partial charge in [0.2, 0.25) is 0 Å². The first kappa shape index (κ1) is 19.9. The number of rotatable bonds is 5. The normalized spacial score (nSPS) is 21.7.